The first-order valence-corrected chi connectivity index (χ1v) is 4.66. The Morgan fingerprint density at radius 3 is 3.07 bits per heavy atom. The van der Waals surface area contributed by atoms with Crippen LogP contribution in [0.4, 0.5) is 0 Å². The minimum absolute atomic E-state index is 0.237. The quantitative estimate of drug-likeness (QED) is 0.799. The van der Waals surface area contributed by atoms with Gasteiger partial charge in [0.2, 0.25) is 0 Å². The molecule has 1 heterocycles. The highest BCUT2D eigenvalue weighted by Crippen LogP contribution is 2.13. The highest BCUT2D eigenvalue weighted by Gasteiger charge is 2.02. The molecule has 6 heteroatoms. The largest absolute Gasteiger partial charge is 0.298 e. The number of nitrogens with zero attached hydrogens (tertiary/aromatic N) is 3. The summed E-state index contributed by atoms with van der Waals surface area (Å²) in [6, 6.07) is 7.32. The summed E-state index contributed by atoms with van der Waals surface area (Å²) >= 11 is 5.86. The standard InChI is InChI=1S/C9H9ClN4O/c10-7-2-1-3-9(4-7)14-5-8(6-15-11)12-13-14/h1-5H,6,11H2. The zero-order valence-corrected chi connectivity index (χ0v) is 8.55. The van der Waals surface area contributed by atoms with Gasteiger partial charge in [0.05, 0.1) is 11.9 Å². The van der Waals surface area contributed by atoms with Crippen LogP contribution in [0, 0.1) is 0 Å². The number of nitrogens with two attached hydrogens (primary N) is 1. The molecule has 0 aliphatic carbocycles. The lowest BCUT2D eigenvalue weighted by Gasteiger charge is -1.99. The summed E-state index contributed by atoms with van der Waals surface area (Å²) in [5.74, 6) is 4.93. The van der Waals surface area contributed by atoms with Crippen LogP contribution in [0.1, 0.15) is 5.69 Å². The lowest BCUT2D eigenvalue weighted by Crippen LogP contribution is -1.98. The third kappa shape index (κ3) is 2.33. The number of halogens is 1. The summed E-state index contributed by atoms with van der Waals surface area (Å²) in [5, 5.41) is 8.45. The van der Waals surface area contributed by atoms with Crippen molar-refractivity contribution in [3.05, 3.63) is 41.2 Å². The number of rotatable bonds is 3. The molecular formula is C9H9ClN4O. The van der Waals surface area contributed by atoms with E-state index in [1.807, 2.05) is 12.1 Å². The maximum atomic E-state index is 5.86. The number of aromatic nitrogens is 3. The molecule has 0 bridgehead atoms. The molecule has 0 radical (unpaired) electrons. The average molecular weight is 225 g/mol. The molecule has 0 atom stereocenters. The first-order valence-electron chi connectivity index (χ1n) is 4.28. The fourth-order valence-corrected chi connectivity index (χ4v) is 1.38. The minimum Gasteiger partial charge on any atom is -0.298 e. The summed E-state index contributed by atoms with van der Waals surface area (Å²) in [6.07, 6.45) is 1.73. The van der Waals surface area contributed by atoms with Crippen molar-refractivity contribution in [2.24, 2.45) is 5.90 Å². The van der Waals surface area contributed by atoms with Gasteiger partial charge in [-0.05, 0) is 18.2 Å². The molecule has 2 rings (SSSR count). The van der Waals surface area contributed by atoms with Crippen LogP contribution in [0.5, 0.6) is 0 Å². The van der Waals surface area contributed by atoms with Gasteiger partial charge in [-0.25, -0.2) is 10.6 Å². The molecule has 0 aliphatic heterocycles. The third-order valence-electron chi connectivity index (χ3n) is 1.84. The molecule has 2 N–H and O–H groups in total. The first-order chi connectivity index (χ1) is 7.29. The Morgan fingerprint density at radius 1 is 1.47 bits per heavy atom. The SMILES string of the molecule is NOCc1cn(-c2cccc(Cl)c2)nn1. The number of hydrogen-bond donors (Lipinski definition) is 1. The molecule has 0 unspecified atom stereocenters. The monoisotopic (exact) mass is 224 g/mol. The van der Waals surface area contributed by atoms with Crippen LogP contribution < -0.4 is 5.90 Å². The summed E-state index contributed by atoms with van der Waals surface area (Å²) < 4.78 is 1.61. The Labute approximate surface area is 91.4 Å². The molecule has 5 nitrogen and oxygen atoms in total. The van der Waals surface area contributed by atoms with E-state index in [4.69, 9.17) is 17.5 Å². The van der Waals surface area contributed by atoms with E-state index >= 15 is 0 Å². The van der Waals surface area contributed by atoms with E-state index in [9.17, 15) is 0 Å². The fraction of sp³-hybridized carbons (Fsp3) is 0.111. The summed E-state index contributed by atoms with van der Waals surface area (Å²) in [6.45, 7) is 0.237. The topological polar surface area (TPSA) is 66.0 Å². The smallest absolute Gasteiger partial charge is 0.113 e. The van der Waals surface area contributed by atoms with Gasteiger partial charge in [-0.15, -0.1) is 5.10 Å². The lowest BCUT2D eigenvalue weighted by atomic mass is 10.3. The van der Waals surface area contributed by atoms with Crippen LogP contribution in [0.3, 0.4) is 0 Å². The molecule has 0 amide bonds. The van der Waals surface area contributed by atoms with Crippen LogP contribution in [-0.4, -0.2) is 15.0 Å². The second kappa shape index (κ2) is 4.39. The number of hydrogen-bond acceptors (Lipinski definition) is 4. The molecular weight excluding hydrogens is 216 g/mol. The van der Waals surface area contributed by atoms with Crippen LogP contribution >= 0.6 is 11.6 Å². The van der Waals surface area contributed by atoms with Crippen molar-refractivity contribution >= 4 is 11.6 Å². The van der Waals surface area contributed by atoms with E-state index in [2.05, 4.69) is 15.1 Å². The summed E-state index contributed by atoms with van der Waals surface area (Å²) in [5.41, 5.74) is 1.51. The Bertz CT molecular complexity index is 457. The van der Waals surface area contributed by atoms with Crippen molar-refractivity contribution in [1.82, 2.24) is 15.0 Å². The number of benzene rings is 1. The Hall–Kier alpha value is -1.43. The van der Waals surface area contributed by atoms with Crippen molar-refractivity contribution in [1.29, 1.82) is 0 Å². The van der Waals surface area contributed by atoms with Crippen molar-refractivity contribution in [3.8, 4) is 5.69 Å². The van der Waals surface area contributed by atoms with Crippen molar-refractivity contribution < 1.29 is 4.84 Å². The minimum atomic E-state index is 0.237. The van der Waals surface area contributed by atoms with Gasteiger partial charge in [0.1, 0.15) is 12.3 Å². The van der Waals surface area contributed by atoms with E-state index in [0.29, 0.717) is 10.7 Å². The van der Waals surface area contributed by atoms with Gasteiger partial charge >= 0.3 is 0 Å². The van der Waals surface area contributed by atoms with Gasteiger partial charge in [0, 0.05) is 5.02 Å². The highest BCUT2D eigenvalue weighted by molar-refractivity contribution is 6.30. The van der Waals surface area contributed by atoms with Gasteiger partial charge < -0.3 is 0 Å². The molecule has 1 aromatic heterocycles. The molecule has 0 aliphatic rings. The lowest BCUT2D eigenvalue weighted by molar-refractivity contribution is 0.121. The van der Waals surface area contributed by atoms with Crippen molar-refractivity contribution in [3.63, 3.8) is 0 Å². The predicted molar refractivity (Wildman–Crippen MR) is 55.3 cm³/mol. The second-order valence-corrected chi connectivity index (χ2v) is 3.38. The summed E-state index contributed by atoms with van der Waals surface area (Å²) in [4.78, 5) is 4.46. The Balaban J connectivity index is 2.29. The van der Waals surface area contributed by atoms with Crippen molar-refractivity contribution in [2.75, 3.05) is 0 Å². The van der Waals surface area contributed by atoms with Crippen LogP contribution in [0.2, 0.25) is 5.02 Å². The van der Waals surface area contributed by atoms with Crippen LogP contribution in [0.25, 0.3) is 5.69 Å². The van der Waals surface area contributed by atoms with Gasteiger partial charge in [0.15, 0.2) is 0 Å². The van der Waals surface area contributed by atoms with Crippen LogP contribution in [-0.2, 0) is 11.4 Å². The predicted octanol–water partition coefficient (Wildman–Crippen LogP) is 1.31. The average Bonchev–Trinajstić information content (AvgIpc) is 2.67. The van der Waals surface area contributed by atoms with E-state index in [0.717, 1.165) is 5.69 Å². The third-order valence-corrected chi connectivity index (χ3v) is 2.08. The van der Waals surface area contributed by atoms with Crippen LogP contribution in [0.15, 0.2) is 30.5 Å². The fourth-order valence-electron chi connectivity index (χ4n) is 1.19. The highest BCUT2D eigenvalue weighted by atomic mass is 35.5. The van der Waals surface area contributed by atoms with Gasteiger partial charge in [0.25, 0.3) is 0 Å². The zero-order chi connectivity index (χ0) is 10.7. The van der Waals surface area contributed by atoms with Gasteiger partial charge in [-0.3, -0.25) is 4.84 Å². The molecule has 2 aromatic rings. The van der Waals surface area contributed by atoms with Gasteiger partial charge in [-0.1, -0.05) is 22.9 Å². The van der Waals surface area contributed by atoms with E-state index in [1.165, 1.54) is 0 Å². The molecule has 0 saturated heterocycles. The van der Waals surface area contributed by atoms with E-state index in [1.54, 1.807) is 23.0 Å². The molecule has 0 spiro atoms. The maximum Gasteiger partial charge on any atom is 0.113 e. The Morgan fingerprint density at radius 2 is 2.33 bits per heavy atom. The van der Waals surface area contributed by atoms with E-state index in [-0.39, 0.29) is 6.61 Å². The summed E-state index contributed by atoms with van der Waals surface area (Å²) in [7, 11) is 0. The molecule has 78 valence electrons. The molecule has 15 heavy (non-hydrogen) atoms. The molecule has 0 fully saturated rings. The second-order valence-electron chi connectivity index (χ2n) is 2.95. The van der Waals surface area contributed by atoms with E-state index < -0.39 is 0 Å². The van der Waals surface area contributed by atoms with Crippen molar-refractivity contribution in [2.45, 2.75) is 6.61 Å². The maximum absolute atomic E-state index is 5.86. The van der Waals surface area contributed by atoms with Gasteiger partial charge in [-0.2, -0.15) is 0 Å². The molecule has 0 saturated carbocycles. The normalized spacial score (nSPS) is 10.5. The first kappa shape index (κ1) is 10.1. The zero-order valence-electron chi connectivity index (χ0n) is 7.80. The Kier molecular flexibility index (Phi) is 2.96. The molecule has 1 aromatic carbocycles.